The first kappa shape index (κ1) is 19.7. The molecule has 0 saturated carbocycles. The smallest absolute Gasteiger partial charge is 0.238 e. The van der Waals surface area contributed by atoms with Gasteiger partial charge in [0.25, 0.3) is 0 Å². The average Bonchev–Trinajstić information content (AvgIpc) is 2.65. The van der Waals surface area contributed by atoms with Gasteiger partial charge in [-0.1, -0.05) is 35.9 Å². The van der Waals surface area contributed by atoms with Crippen LogP contribution in [-0.4, -0.2) is 55.5 Å². The summed E-state index contributed by atoms with van der Waals surface area (Å²) in [6, 6.07) is 13.8. The van der Waals surface area contributed by atoms with Gasteiger partial charge in [0.1, 0.15) is 5.75 Å². The van der Waals surface area contributed by atoms with E-state index in [9.17, 15) is 4.79 Å². The molecule has 2 aromatic carbocycles. The largest absolute Gasteiger partial charge is 0.495 e. The van der Waals surface area contributed by atoms with Crippen molar-refractivity contribution in [2.24, 2.45) is 0 Å². The Morgan fingerprint density at radius 3 is 2.48 bits per heavy atom. The molecule has 1 saturated heterocycles. The van der Waals surface area contributed by atoms with Crippen molar-refractivity contribution in [1.82, 2.24) is 9.80 Å². The Kier molecular flexibility index (Phi) is 6.72. The van der Waals surface area contributed by atoms with Crippen LogP contribution in [0.4, 0.5) is 5.69 Å². The van der Waals surface area contributed by atoms with Crippen LogP contribution in [0.3, 0.4) is 0 Å². The second kappa shape index (κ2) is 9.22. The lowest BCUT2D eigenvalue weighted by Gasteiger charge is -2.34. The molecule has 1 aliphatic heterocycles. The molecule has 6 heteroatoms. The topological polar surface area (TPSA) is 44.8 Å². The van der Waals surface area contributed by atoms with Crippen molar-refractivity contribution in [2.45, 2.75) is 13.5 Å². The van der Waals surface area contributed by atoms with Gasteiger partial charge in [-0.25, -0.2) is 0 Å². The van der Waals surface area contributed by atoms with E-state index in [1.807, 2.05) is 0 Å². The Hall–Kier alpha value is -2.08. The first-order valence-corrected chi connectivity index (χ1v) is 9.55. The summed E-state index contributed by atoms with van der Waals surface area (Å²) in [5.41, 5.74) is 3.39. The van der Waals surface area contributed by atoms with Crippen LogP contribution in [-0.2, 0) is 11.3 Å². The van der Waals surface area contributed by atoms with E-state index in [2.05, 4.69) is 46.3 Å². The number of piperazine rings is 1. The molecule has 1 fully saturated rings. The Bertz CT molecular complexity index is 789. The standard InChI is InChI=1S/C21H26ClN3O2/c1-16-5-3-4-6-17(16)14-24-9-11-25(12-10-24)15-21(26)23-18-7-8-20(27-2)19(22)13-18/h3-8,13H,9-12,14-15H2,1-2H3,(H,23,26). The molecule has 1 heterocycles. The number of halogens is 1. The fourth-order valence-corrected chi connectivity index (χ4v) is 3.54. The van der Waals surface area contributed by atoms with Crippen LogP contribution < -0.4 is 10.1 Å². The predicted octanol–water partition coefficient (Wildman–Crippen LogP) is 3.41. The Labute approximate surface area is 165 Å². The van der Waals surface area contributed by atoms with Crippen LogP contribution in [0.15, 0.2) is 42.5 Å². The maximum absolute atomic E-state index is 12.3. The normalized spacial score (nSPS) is 15.5. The number of nitrogens with one attached hydrogen (secondary N) is 1. The third-order valence-corrected chi connectivity index (χ3v) is 5.22. The molecule has 144 valence electrons. The first-order chi connectivity index (χ1) is 13.0. The highest BCUT2D eigenvalue weighted by Gasteiger charge is 2.19. The van der Waals surface area contributed by atoms with Gasteiger partial charge in [0.2, 0.25) is 5.91 Å². The number of nitrogens with zero attached hydrogens (tertiary/aromatic N) is 2. The summed E-state index contributed by atoms with van der Waals surface area (Å²) >= 11 is 6.11. The second-order valence-corrected chi connectivity index (χ2v) is 7.28. The molecule has 0 bridgehead atoms. The molecule has 5 nitrogen and oxygen atoms in total. The fraction of sp³-hybridized carbons (Fsp3) is 0.381. The molecule has 0 spiro atoms. The molecule has 1 amide bonds. The molecule has 0 atom stereocenters. The fourth-order valence-electron chi connectivity index (χ4n) is 3.28. The van der Waals surface area contributed by atoms with Crippen LogP contribution in [0.25, 0.3) is 0 Å². The molecule has 0 unspecified atom stereocenters. The summed E-state index contributed by atoms with van der Waals surface area (Å²) < 4.78 is 5.13. The highest BCUT2D eigenvalue weighted by atomic mass is 35.5. The van der Waals surface area contributed by atoms with Gasteiger partial charge in [0.05, 0.1) is 18.7 Å². The minimum Gasteiger partial charge on any atom is -0.495 e. The van der Waals surface area contributed by atoms with E-state index in [0.29, 0.717) is 23.0 Å². The maximum atomic E-state index is 12.3. The van der Waals surface area contributed by atoms with E-state index in [1.165, 1.54) is 11.1 Å². The van der Waals surface area contributed by atoms with Crippen LogP contribution in [0, 0.1) is 6.92 Å². The zero-order valence-electron chi connectivity index (χ0n) is 15.9. The summed E-state index contributed by atoms with van der Waals surface area (Å²) in [6.07, 6.45) is 0. The van der Waals surface area contributed by atoms with E-state index in [-0.39, 0.29) is 5.91 Å². The number of hydrogen-bond donors (Lipinski definition) is 1. The van der Waals surface area contributed by atoms with E-state index in [1.54, 1.807) is 25.3 Å². The summed E-state index contributed by atoms with van der Waals surface area (Å²) in [7, 11) is 1.57. The number of rotatable bonds is 6. The first-order valence-electron chi connectivity index (χ1n) is 9.18. The monoisotopic (exact) mass is 387 g/mol. The Morgan fingerprint density at radius 1 is 1.11 bits per heavy atom. The molecule has 0 aliphatic carbocycles. The van der Waals surface area contributed by atoms with Crippen molar-refractivity contribution in [1.29, 1.82) is 0 Å². The lowest BCUT2D eigenvalue weighted by atomic mass is 10.1. The van der Waals surface area contributed by atoms with Crippen LogP contribution in [0.2, 0.25) is 5.02 Å². The summed E-state index contributed by atoms with van der Waals surface area (Å²) in [4.78, 5) is 17.0. The van der Waals surface area contributed by atoms with Gasteiger partial charge in [0, 0.05) is 38.4 Å². The molecule has 2 aromatic rings. The third kappa shape index (κ3) is 5.45. The summed E-state index contributed by atoms with van der Waals surface area (Å²) in [6.45, 7) is 7.23. The molecule has 3 rings (SSSR count). The minimum atomic E-state index is -0.0245. The molecule has 0 radical (unpaired) electrons. The van der Waals surface area contributed by atoms with Crippen LogP contribution >= 0.6 is 11.6 Å². The van der Waals surface area contributed by atoms with Gasteiger partial charge in [-0.2, -0.15) is 0 Å². The molecular formula is C21H26ClN3O2. The summed E-state index contributed by atoms with van der Waals surface area (Å²) in [5, 5.41) is 3.39. The van der Waals surface area contributed by atoms with Crippen molar-refractivity contribution >= 4 is 23.2 Å². The zero-order valence-corrected chi connectivity index (χ0v) is 16.6. The number of benzene rings is 2. The Morgan fingerprint density at radius 2 is 1.81 bits per heavy atom. The quantitative estimate of drug-likeness (QED) is 0.825. The van der Waals surface area contributed by atoms with Gasteiger partial charge in [-0.05, 0) is 36.2 Å². The van der Waals surface area contributed by atoms with Crippen molar-refractivity contribution in [3.63, 3.8) is 0 Å². The highest BCUT2D eigenvalue weighted by Crippen LogP contribution is 2.27. The molecule has 0 aromatic heterocycles. The third-order valence-electron chi connectivity index (χ3n) is 4.92. The number of carbonyl (C=O) groups is 1. The SMILES string of the molecule is COc1ccc(NC(=O)CN2CCN(Cc3ccccc3C)CC2)cc1Cl. The Balaban J connectivity index is 1.45. The van der Waals surface area contributed by atoms with Crippen molar-refractivity contribution in [3.8, 4) is 5.75 Å². The number of hydrogen-bond acceptors (Lipinski definition) is 4. The van der Waals surface area contributed by atoms with Gasteiger partial charge in [-0.15, -0.1) is 0 Å². The lowest BCUT2D eigenvalue weighted by Crippen LogP contribution is -2.48. The zero-order chi connectivity index (χ0) is 19.2. The van der Waals surface area contributed by atoms with E-state index >= 15 is 0 Å². The van der Waals surface area contributed by atoms with Crippen molar-refractivity contribution in [2.75, 3.05) is 45.2 Å². The van der Waals surface area contributed by atoms with Crippen molar-refractivity contribution < 1.29 is 9.53 Å². The van der Waals surface area contributed by atoms with Crippen LogP contribution in [0.5, 0.6) is 5.75 Å². The number of amides is 1. The molecule has 1 N–H and O–H groups in total. The lowest BCUT2D eigenvalue weighted by molar-refractivity contribution is -0.117. The number of carbonyl (C=O) groups excluding carboxylic acids is 1. The minimum absolute atomic E-state index is 0.0245. The van der Waals surface area contributed by atoms with E-state index < -0.39 is 0 Å². The second-order valence-electron chi connectivity index (χ2n) is 6.88. The predicted molar refractivity (Wildman–Crippen MR) is 110 cm³/mol. The maximum Gasteiger partial charge on any atom is 0.238 e. The average molecular weight is 388 g/mol. The number of aryl methyl sites for hydroxylation is 1. The van der Waals surface area contributed by atoms with Crippen molar-refractivity contribution in [3.05, 3.63) is 58.6 Å². The highest BCUT2D eigenvalue weighted by molar-refractivity contribution is 6.32. The van der Waals surface area contributed by atoms with Gasteiger partial charge >= 0.3 is 0 Å². The number of ether oxygens (including phenoxy) is 1. The number of anilines is 1. The summed E-state index contributed by atoms with van der Waals surface area (Å²) in [5.74, 6) is 0.572. The van der Waals surface area contributed by atoms with Crippen LogP contribution in [0.1, 0.15) is 11.1 Å². The molecule has 27 heavy (non-hydrogen) atoms. The van der Waals surface area contributed by atoms with Gasteiger partial charge < -0.3 is 10.1 Å². The molecular weight excluding hydrogens is 362 g/mol. The van der Waals surface area contributed by atoms with E-state index in [0.717, 1.165) is 32.7 Å². The number of methoxy groups -OCH3 is 1. The van der Waals surface area contributed by atoms with Gasteiger partial charge in [0.15, 0.2) is 0 Å². The molecule has 1 aliphatic rings. The van der Waals surface area contributed by atoms with Gasteiger partial charge in [-0.3, -0.25) is 14.6 Å². The van der Waals surface area contributed by atoms with E-state index in [4.69, 9.17) is 16.3 Å².